The van der Waals surface area contributed by atoms with Crippen LogP contribution in [0.3, 0.4) is 0 Å². The summed E-state index contributed by atoms with van der Waals surface area (Å²) in [6.45, 7) is 0. The number of nitrogens with two attached hydrogens (primary N) is 1. The van der Waals surface area contributed by atoms with E-state index in [1.165, 1.54) is 0 Å². The fourth-order valence-electron chi connectivity index (χ4n) is 2.27. The molecule has 3 N–H and O–H groups in total. The number of H-pyrrole nitrogens is 1. The maximum atomic E-state index is 11.8. The third-order valence-electron chi connectivity index (χ3n) is 3.28. The molecule has 106 valence electrons. The van der Waals surface area contributed by atoms with Crippen LogP contribution in [0.15, 0.2) is 50.1 Å². The standard InChI is InChI=1S/C15H11Br2N3O/c16-12-5-8(18)6-13(17)11(12)7-14-9-3-1-2-4-10(9)15(21)20-19-14/h1-6H,7,18H2,(H,20,21). The average molecular weight is 409 g/mol. The number of aromatic amines is 1. The lowest BCUT2D eigenvalue weighted by Crippen LogP contribution is -2.11. The van der Waals surface area contributed by atoms with Gasteiger partial charge in [-0.25, -0.2) is 5.10 Å². The second-order valence-electron chi connectivity index (χ2n) is 4.68. The normalized spacial score (nSPS) is 11.0. The summed E-state index contributed by atoms with van der Waals surface area (Å²) in [5.41, 5.74) is 8.16. The van der Waals surface area contributed by atoms with Crippen LogP contribution in [0.4, 0.5) is 5.69 Å². The zero-order valence-electron chi connectivity index (χ0n) is 10.9. The van der Waals surface area contributed by atoms with Gasteiger partial charge in [0.1, 0.15) is 0 Å². The van der Waals surface area contributed by atoms with E-state index in [-0.39, 0.29) is 5.56 Å². The highest BCUT2D eigenvalue weighted by Crippen LogP contribution is 2.31. The average Bonchev–Trinajstić information content (AvgIpc) is 2.45. The highest BCUT2D eigenvalue weighted by molar-refractivity contribution is 9.11. The number of hydrogen-bond acceptors (Lipinski definition) is 3. The van der Waals surface area contributed by atoms with Gasteiger partial charge in [0.05, 0.1) is 11.1 Å². The molecule has 0 aliphatic heterocycles. The van der Waals surface area contributed by atoms with Gasteiger partial charge in [-0.2, -0.15) is 5.10 Å². The molecule has 0 bridgehead atoms. The Morgan fingerprint density at radius 3 is 2.38 bits per heavy atom. The predicted molar refractivity (Wildman–Crippen MR) is 91.4 cm³/mol. The molecule has 3 rings (SSSR count). The molecule has 0 saturated heterocycles. The van der Waals surface area contributed by atoms with Gasteiger partial charge in [-0.1, -0.05) is 50.1 Å². The molecule has 2 aromatic carbocycles. The second kappa shape index (κ2) is 5.61. The maximum absolute atomic E-state index is 11.8. The van der Waals surface area contributed by atoms with Gasteiger partial charge in [-0.15, -0.1) is 0 Å². The molecule has 0 fully saturated rings. The van der Waals surface area contributed by atoms with Crippen LogP contribution in [-0.2, 0) is 6.42 Å². The molecule has 0 aliphatic rings. The number of nitrogen functional groups attached to an aromatic ring is 1. The van der Waals surface area contributed by atoms with Crippen molar-refractivity contribution < 1.29 is 0 Å². The van der Waals surface area contributed by atoms with Crippen molar-refractivity contribution in [3.8, 4) is 0 Å². The number of nitrogens with one attached hydrogen (secondary N) is 1. The molecule has 0 aliphatic carbocycles. The van der Waals surface area contributed by atoms with E-state index in [0.29, 0.717) is 17.5 Å². The zero-order valence-corrected chi connectivity index (χ0v) is 14.0. The van der Waals surface area contributed by atoms with E-state index in [9.17, 15) is 4.79 Å². The van der Waals surface area contributed by atoms with Gasteiger partial charge in [-0.3, -0.25) is 4.79 Å². The molecule has 1 heterocycles. The SMILES string of the molecule is Nc1cc(Br)c(Cc2n[nH]c(=O)c3ccccc23)c(Br)c1. The Bertz CT molecular complexity index is 866. The summed E-state index contributed by atoms with van der Waals surface area (Å²) in [4.78, 5) is 11.8. The van der Waals surface area contributed by atoms with Crippen LogP contribution in [0.1, 0.15) is 11.3 Å². The molecule has 0 saturated carbocycles. The van der Waals surface area contributed by atoms with Gasteiger partial charge in [0.15, 0.2) is 0 Å². The molecule has 1 aromatic heterocycles. The highest BCUT2D eigenvalue weighted by Gasteiger charge is 2.12. The quantitative estimate of drug-likeness (QED) is 0.636. The number of rotatable bonds is 2. The number of benzene rings is 2. The molecule has 4 nitrogen and oxygen atoms in total. The van der Waals surface area contributed by atoms with Gasteiger partial charge >= 0.3 is 0 Å². The molecule has 21 heavy (non-hydrogen) atoms. The van der Waals surface area contributed by atoms with Crippen molar-refractivity contribution >= 4 is 48.3 Å². The summed E-state index contributed by atoms with van der Waals surface area (Å²) in [5, 5.41) is 8.25. The number of aromatic nitrogens is 2. The van der Waals surface area contributed by atoms with Crippen molar-refractivity contribution in [3.63, 3.8) is 0 Å². The first-order chi connectivity index (χ1) is 10.1. The van der Waals surface area contributed by atoms with Crippen molar-refractivity contribution in [1.82, 2.24) is 10.2 Å². The first-order valence-corrected chi connectivity index (χ1v) is 7.84. The molecule has 0 amide bonds. The second-order valence-corrected chi connectivity index (χ2v) is 6.39. The Kier molecular flexibility index (Phi) is 3.82. The Hall–Kier alpha value is -1.66. The van der Waals surface area contributed by atoms with E-state index in [1.807, 2.05) is 30.3 Å². The lowest BCUT2D eigenvalue weighted by molar-refractivity contribution is 0.930. The number of anilines is 1. The van der Waals surface area contributed by atoms with Gasteiger partial charge in [-0.05, 0) is 23.8 Å². The molecular weight excluding hydrogens is 398 g/mol. The molecular formula is C15H11Br2N3O. The van der Waals surface area contributed by atoms with Crippen molar-refractivity contribution in [2.45, 2.75) is 6.42 Å². The highest BCUT2D eigenvalue weighted by atomic mass is 79.9. The van der Waals surface area contributed by atoms with Gasteiger partial charge in [0, 0.05) is 26.4 Å². The van der Waals surface area contributed by atoms with E-state index in [4.69, 9.17) is 5.73 Å². The van der Waals surface area contributed by atoms with Crippen molar-refractivity contribution in [2.75, 3.05) is 5.73 Å². The Labute approximate surface area is 137 Å². The minimum absolute atomic E-state index is 0.176. The minimum Gasteiger partial charge on any atom is -0.399 e. The van der Waals surface area contributed by atoms with E-state index in [0.717, 1.165) is 25.6 Å². The predicted octanol–water partition coefficient (Wildman–Crippen LogP) is 3.62. The molecule has 3 aromatic rings. The van der Waals surface area contributed by atoms with Gasteiger partial charge < -0.3 is 5.73 Å². The number of hydrogen-bond donors (Lipinski definition) is 2. The number of nitrogens with zero attached hydrogens (tertiary/aromatic N) is 1. The maximum Gasteiger partial charge on any atom is 0.272 e. The summed E-state index contributed by atoms with van der Waals surface area (Å²) < 4.78 is 1.82. The minimum atomic E-state index is -0.176. The van der Waals surface area contributed by atoms with Crippen LogP contribution in [0.2, 0.25) is 0 Å². The molecule has 0 atom stereocenters. The molecule has 0 radical (unpaired) electrons. The molecule has 6 heteroatoms. The smallest absolute Gasteiger partial charge is 0.272 e. The van der Waals surface area contributed by atoms with E-state index >= 15 is 0 Å². The Morgan fingerprint density at radius 2 is 1.71 bits per heavy atom. The lowest BCUT2D eigenvalue weighted by atomic mass is 10.0. The van der Waals surface area contributed by atoms with Crippen LogP contribution in [0.25, 0.3) is 10.8 Å². The fraction of sp³-hybridized carbons (Fsp3) is 0.0667. The van der Waals surface area contributed by atoms with Crippen LogP contribution in [0.5, 0.6) is 0 Å². The Balaban J connectivity index is 2.16. The summed E-state index contributed by atoms with van der Waals surface area (Å²) >= 11 is 7.05. The van der Waals surface area contributed by atoms with E-state index in [2.05, 4.69) is 42.1 Å². The monoisotopic (exact) mass is 407 g/mol. The summed E-state index contributed by atoms with van der Waals surface area (Å²) in [5.74, 6) is 0. The van der Waals surface area contributed by atoms with Crippen molar-refractivity contribution in [1.29, 1.82) is 0 Å². The third kappa shape index (κ3) is 2.73. The fourth-order valence-corrected chi connectivity index (χ4v) is 3.77. The lowest BCUT2D eigenvalue weighted by Gasteiger charge is -2.10. The Morgan fingerprint density at radius 1 is 1.10 bits per heavy atom. The first-order valence-electron chi connectivity index (χ1n) is 6.26. The molecule has 0 spiro atoms. The van der Waals surface area contributed by atoms with Crippen LogP contribution in [0, 0.1) is 0 Å². The van der Waals surface area contributed by atoms with Crippen molar-refractivity contribution in [3.05, 3.63) is 67.0 Å². The largest absolute Gasteiger partial charge is 0.399 e. The zero-order chi connectivity index (χ0) is 15.0. The summed E-state index contributed by atoms with van der Waals surface area (Å²) in [6.07, 6.45) is 0.582. The topological polar surface area (TPSA) is 71.8 Å². The van der Waals surface area contributed by atoms with E-state index in [1.54, 1.807) is 6.07 Å². The first kappa shape index (κ1) is 14.3. The number of fused-ring (bicyclic) bond motifs is 1. The van der Waals surface area contributed by atoms with Crippen LogP contribution >= 0.6 is 31.9 Å². The third-order valence-corrected chi connectivity index (χ3v) is 4.70. The van der Waals surface area contributed by atoms with Crippen molar-refractivity contribution in [2.24, 2.45) is 0 Å². The van der Waals surface area contributed by atoms with Crippen LogP contribution in [-0.4, -0.2) is 10.2 Å². The molecule has 0 unspecified atom stereocenters. The van der Waals surface area contributed by atoms with E-state index < -0.39 is 0 Å². The summed E-state index contributed by atoms with van der Waals surface area (Å²) in [6, 6.07) is 11.2. The van der Waals surface area contributed by atoms with Gasteiger partial charge in [0.25, 0.3) is 5.56 Å². The van der Waals surface area contributed by atoms with Crippen LogP contribution < -0.4 is 11.3 Å². The summed E-state index contributed by atoms with van der Waals surface area (Å²) in [7, 11) is 0. The number of halogens is 2. The van der Waals surface area contributed by atoms with Gasteiger partial charge in [0.2, 0.25) is 0 Å².